The number of nitrogens with zero attached hydrogens (tertiary/aromatic N) is 1. The third kappa shape index (κ3) is 3.12. The number of esters is 1. The van der Waals surface area contributed by atoms with Crippen molar-refractivity contribution in [2.24, 2.45) is 22.7 Å². The Kier molecular flexibility index (Phi) is 4.92. The summed E-state index contributed by atoms with van der Waals surface area (Å²) >= 11 is 2.77. The molecule has 2 saturated carbocycles. The molecule has 0 radical (unpaired) electrons. The Bertz CT molecular complexity index is 878. The maximum atomic E-state index is 11.5. The van der Waals surface area contributed by atoms with Crippen molar-refractivity contribution in [1.82, 2.24) is 4.98 Å². The number of ether oxygens (including phenoxy) is 1. The molecule has 1 spiro atoms. The molecule has 2 fully saturated rings. The van der Waals surface area contributed by atoms with Gasteiger partial charge >= 0.3 is 5.97 Å². The molecule has 5 rings (SSSR count). The molecule has 2 unspecified atom stereocenters. The smallest absolute Gasteiger partial charge is 0.302 e. The van der Waals surface area contributed by atoms with Crippen LogP contribution in [0.3, 0.4) is 0 Å². The quantitative estimate of drug-likeness (QED) is 0.211. The fourth-order valence-corrected chi connectivity index (χ4v) is 8.95. The van der Waals surface area contributed by atoms with Gasteiger partial charge in [-0.1, -0.05) is 53.3 Å². The minimum Gasteiger partial charge on any atom is -0.462 e. The average molecular weight is 503 g/mol. The summed E-state index contributed by atoms with van der Waals surface area (Å²) in [7, 11) is 0. The van der Waals surface area contributed by atoms with E-state index in [-0.39, 0.29) is 17.5 Å². The standard InChI is InChI=1S/C25H30INO2/c1-16(28)29-20-9-10-25-13-17(5-6-19(25)12-20)21-7-8-22(18-4-3-11-27-15-18)24(21,2)14-23(25)26/h3-4,6,8,11,15,17,20-21,23H,5,7,9-10,12-14H2,1-2H3/t17-,20+,21?,23?,24+,25+/m1/s1. The minimum atomic E-state index is -0.139. The lowest BCUT2D eigenvalue weighted by molar-refractivity contribution is -0.147. The molecule has 0 saturated heterocycles. The van der Waals surface area contributed by atoms with Gasteiger partial charge in [0.05, 0.1) is 0 Å². The third-order valence-electron chi connectivity index (χ3n) is 8.38. The predicted octanol–water partition coefficient (Wildman–Crippen LogP) is 6.14. The molecule has 4 aliphatic rings. The molecule has 3 nitrogen and oxygen atoms in total. The Labute approximate surface area is 187 Å². The molecule has 29 heavy (non-hydrogen) atoms. The van der Waals surface area contributed by atoms with E-state index in [4.69, 9.17) is 4.74 Å². The number of carbonyl (C=O) groups excluding carboxylic acids is 1. The molecule has 0 N–H and O–H groups in total. The molecule has 0 amide bonds. The fraction of sp³-hybridized carbons (Fsp3) is 0.600. The van der Waals surface area contributed by atoms with Gasteiger partial charge in [-0.15, -0.1) is 0 Å². The molecular formula is C25H30INO2. The first-order valence-corrected chi connectivity index (χ1v) is 12.3. The zero-order valence-electron chi connectivity index (χ0n) is 17.4. The van der Waals surface area contributed by atoms with E-state index in [0.29, 0.717) is 9.34 Å². The van der Waals surface area contributed by atoms with Gasteiger partial charge in [-0.3, -0.25) is 9.78 Å². The summed E-state index contributed by atoms with van der Waals surface area (Å²) in [6.45, 7) is 4.06. The first-order chi connectivity index (χ1) is 13.9. The Morgan fingerprint density at radius 1 is 1.28 bits per heavy atom. The van der Waals surface area contributed by atoms with Gasteiger partial charge in [-0.05, 0) is 73.0 Å². The largest absolute Gasteiger partial charge is 0.462 e. The number of hydrogen-bond donors (Lipinski definition) is 0. The van der Waals surface area contributed by atoms with Crippen molar-refractivity contribution in [1.29, 1.82) is 0 Å². The second-order valence-electron chi connectivity index (χ2n) is 9.85. The van der Waals surface area contributed by atoms with Crippen LogP contribution in [0.1, 0.15) is 64.4 Å². The van der Waals surface area contributed by atoms with E-state index in [1.165, 1.54) is 43.7 Å². The first-order valence-electron chi connectivity index (χ1n) is 11.0. The molecule has 1 aromatic rings. The maximum absolute atomic E-state index is 11.5. The molecule has 4 heteroatoms. The summed E-state index contributed by atoms with van der Waals surface area (Å²) in [5.41, 5.74) is 4.94. The van der Waals surface area contributed by atoms with Crippen LogP contribution >= 0.6 is 22.6 Å². The lowest BCUT2D eigenvalue weighted by Gasteiger charge is -2.48. The molecule has 154 valence electrons. The second kappa shape index (κ2) is 7.21. The number of halogens is 1. The summed E-state index contributed by atoms with van der Waals surface area (Å²) in [6.07, 6.45) is 17.1. The summed E-state index contributed by atoms with van der Waals surface area (Å²) in [5.74, 6) is 1.33. The van der Waals surface area contributed by atoms with Crippen LogP contribution in [0.15, 0.2) is 42.3 Å². The minimum absolute atomic E-state index is 0.0775. The Balaban J connectivity index is 1.48. The van der Waals surface area contributed by atoms with Crippen molar-refractivity contribution in [3.8, 4) is 0 Å². The van der Waals surface area contributed by atoms with Crippen molar-refractivity contribution in [2.45, 2.75) is 68.8 Å². The molecule has 6 atom stereocenters. The number of hydrogen-bond acceptors (Lipinski definition) is 3. The zero-order chi connectivity index (χ0) is 20.2. The highest BCUT2D eigenvalue weighted by Crippen LogP contribution is 2.66. The van der Waals surface area contributed by atoms with E-state index in [1.54, 1.807) is 5.57 Å². The van der Waals surface area contributed by atoms with Crippen LogP contribution in [-0.2, 0) is 9.53 Å². The number of carbonyl (C=O) groups is 1. The highest BCUT2D eigenvalue weighted by atomic mass is 127. The van der Waals surface area contributed by atoms with Gasteiger partial charge in [-0.25, -0.2) is 0 Å². The van der Waals surface area contributed by atoms with Crippen molar-refractivity contribution >= 4 is 34.1 Å². The van der Waals surface area contributed by atoms with Crippen LogP contribution in [-0.4, -0.2) is 21.0 Å². The van der Waals surface area contributed by atoms with E-state index >= 15 is 0 Å². The van der Waals surface area contributed by atoms with Crippen LogP contribution in [0.25, 0.3) is 5.57 Å². The van der Waals surface area contributed by atoms with Gasteiger partial charge in [0, 0.05) is 35.1 Å². The monoisotopic (exact) mass is 503 g/mol. The Morgan fingerprint density at radius 2 is 2.14 bits per heavy atom. The Hall–Kier alpha value is -1.17. The van der Waals surface area contributed by atoms with Crippen molar-refractivity contribution < 1.29 is 9.53 Å². The van der Waals surface area contributed by atoms with Gasteiger partial charge in [0.15, 0.2) is 0 Å². The summed E-state index contributed by atoms with van der Waals surface area (Å²) in [4.78, 5) is 15.9. The van der Waals surface area contributed by atoms with Crippen LogP contribution < -0.4 is 0 Å². The zero-order valence-corrected chi connectivity index (χ0v) is 19.5. The van der Waals surface area contributed by atoms with E-state index in [2.05, 4.69) is 58.8 Å². The number of fused-ring (bicyclic) bond motifs is 3. The molecule has 4 aliphatic carbocycles. The van der Waals surface area contributed by atoms with Crippen molar-refractivity contribution in [2.75, 3.05) is 0 Å². The summed E-state index contributed by atoms with van der Waals surface area (Å²) in [6, 6.07) is 4.30. The Morgan fingerprint density at radius 3 is 2.90 bits per heavy atom. The number of rotatable bonds is 2. The molecule has 0 aromatic carbocycles. The predicted molar refractivity (Wildman–Crippen MR) is 123 cm³/mol. The van der Waals surface area contributed by atoms with E-state index in [0.717, 1.165) is 31.1 Å². The van der Waals surface area contributed by atoms with Gasteiger partial charge < -0.3 is 4.74 Å². The lowest BCUT2D eigenvalue weighted by atomic mass is 9.59. The average Bonchev–Trinajstić information content (AvgIpc) is 3.01. The number of pyridine rings is 1. The van der Waals surface area contributed by atoms with Gasteiger partial charge in [-0.2, -0.15) is 0 Å². The highest BCUT2D eigenvalue weighted by molar-refractivity contribution is 14.1. The van der Waals surface area contributed by atoms with Crippen LogP contribution in [0.4, 0.5) is 0 Å². The fourth-order valence-electron chi connectivity index (χ4n) is 7.07. The SMILES string of the molecule is CC(=O)O[C@H]1CC[C@]23C[C@@H](CC=C2C1)C1CC=C(c2cccnc2)[C@@]1(C)CC3I. The van der Waals surface area contributed by atoms with Crippen molar-refractivity contribution in [3.05, 3.63) is 47.8 Å². The van der Waals surface area contributed by atoms with Crippen molar-refractivity contribution in [3.63, 3.8) is 0 Å². The van der Waals surface area contributed by atoms with Gasteiger partial charge in [0.2, 0.25) is 0 Å². The lowest BCUT2D eigenvalue weighted by Crippen LogP contribution is -2.42. The van der Waals surface area contributed by atoms with E-state index in [9.17, 15) is 4.79 Å². The van der Waals surface area contributed by atoms with Crippen LogP contribution in [0, 0.1) is 22.7 Å². The highest BCUT2D eigenvalue weighted by Gasteiger charge is 2.57. The summed E-state index contributed by atoms with van der Waals surface area (Å²) in [5, 5.41) is 0. The first kappa shape index (κ1) is 19.8. The molecule has 1 aromatic heterocycles. The number of aromatic nitrogens is 1. The van der Waals surface area contributed by atoms with Crippen LogP contribution in [0.5, 0.6) is 0 Å². The number of alkyl halides is 1. The second-order valence-corrected chi connectivity index (χ2v) is 11.4. The maximum Gasteiger partial charge on any atom is 0.302 e. The molecule has 2 bridgehead atoms. The topological polar surface area (TPSA) is 39.2 Å². The summed E-state index contributed by atoms with van der Waals surface area (Å²) < 4.78 is 6.22. The molecular weight excluding hydrogens is 473 g/mol. The van der Waals surface area contributed by atoms with E-state index in [1.807, 2.05) is 12.4 Å². The van der Waals surface area contributed by atoms with Crippen LogP contribution in [0.2, 0.25) is 0 Å². The van der Waals surface area contributed by atoms with Gasteiger partial charge in [0.25, 0.3) is 0 Å². The third-order valence-corrected chi connectivity index (χ3v) is 10.0. The molecule has 0 aliphatic heterocycles. The number of allylic oxidation sites excluding steroid dienone is 3. The molecule has 1 heterocycles. The normalized spacial score (nSPS) is 40.8. The van der Waals surface area contributed by atoms with E-state index < -0.39 is 0 Å². The van der Waals surface area contributed by atoms with Gasteiger partial charge in [0.1, 0.15) is 6.10 Å².